The Labute approximate surface area is 124 Å². The quantitative estimate of drug-likeness (QED) is 0.685. The SMILES string of the molecule is COC(=O)c1c(N)cccc1CN1CCSC(C)C1C. The van der Waals surface area contributed by atoms with Crippen molar-refractivity contribution in [2.45, 2.75) is 31.7 Å². The Hall–Kier alpha value is -1.20. The van der Waals surface area contributed by atoms with Crippen LogP contribution in [0.3, 0.4) is 0 Å². The van der Waals surface area contributed by atoms with Crippen LogP contribution < -0.4 is 5.73 Å². The van der Waals surface area contributed by atoms with E-state index in [1.807, 2.05) is 23.9 Å². The van der Waals surface area contributed by atoms with Crippen LogP contribution in [-0.2, 0) is 11.3 Å². The molecule has 1 aromatic carbocycles. The van der Waals surface area contributed by atoms with Gasteiger partial charge in [-0.2, -0.15) is 11.8 Å². The zero-order valence-electron chi connectivity index (χ0n) is 12.3. The predicted molar refractivity (Wildman–Crippen MR) is 84.0 cm³/mol. The molecule has 1 aliphatic rings. The van der Waals surface area contributed by atoms with Crippen LogP contribution in [0.2, 0.25) is 0 Å². The Bertz CT molecular complexity index is 493. The molecule has 1 saturated heterocycles. The van der Waals surface area contributed by atoms with Gasteiger partial charge in [0.15, 0.2) is 0 Å². The molecule has 2 N–H and O–H groups in total. The fourth-order valence-corrected chi connectivity index (χ4v) is 3.70. The Kier molecular flexibility index (Phi) is 4.94. The van der Waals surface area contributed by atoms with E-state index in [4.69, 9.17) is 10.5 Å². The highest BCUT2D eigenvalue weighted by atomic mass is 32.2. The molecule has 2 unspecified atom stereocenters. The minimum Gasteiger partial charge on any atom is -0.465 e. The van der Waals surface area contributed by atoms with Crippen LogP contribution >= 0.6 is 11.8 Å². The number of carbonyl (C=O) groups is 1. The summed E-state index contributed by atoms with van der Waals surface area (Å²) in [6, 6.07) is 6.08. The fourth-order valence-electron chi connectivity index (χ4n) is 2.54. The van der Waals surface area contributed by atoms with Crippen molar-refractivity contribution < 1.29 is 9.53 Å². The molecule has 4 nitrogen and oxygen atoms in total. The van der Waals surface area contributed by atoms with Gasteiger partial charge >= 0.3 is 5.97 Å². The van der Waals surface area contributed by atoms with Crippen LogP contribution in [-0.4, -0.2) is 41.6 Å². The highest BCUT2D eigenvalue weighted by Crippen LogP contribution is 2.27. The van der Waals surface area contributed by atoms with E-state index in [2.05, 4.69) is 18.7 Å². The van der Waals surface area contributed by atoms with Crippen molar-refractivity contribution in [1.29, 1.82) is 0 Å². The van der Waals surface area contributed by atoms with E-state index in [0.717, 1.165) is 24.4 Å². The molecule has 0 saturated carbocycles. The number of esters is 1. The van der Waals surface area contributed by atoms with Crippen LogP contribution in [0.15, 0.2) is 18.2 Å². The van der Waals surface area contributed by atoms with Gasteiger partial charge in [0.05, 0.1) is 12.7 Å². The predicted octanol–water partition coefficient (Wildman–Crippen LogP) is 2.38. The lowest BCUT2D eigenvalue weighted by atomic mass is 10.0. The highest BCUT2D eigenvalue weighted by molar-refractivity contribution is 8.00. The number of nitrogen functional groups attached to an aromatic ring is 1. The van der Waals surface area contributed by atoms with E-state index in [9.17, 15) is 4.79 Å². The summed E-state index contributed by atoms with van der Waals surface area (Å²) in [6.07, 6.45) is 0. The number of rotatable bonds is 3. The summed E-state index contributed by atoms with van der Waals surface area (Å²) in [5, 5.41) is 0.603. The molecule has 0 aliphatic carbocycles. The molecular weight excluding hydrogens is 272 g/mol. The van der Waals surface area contributed by atoms with Crippen molar-refractivity contribution in [1.82, 2.24) is 4.90 Å². The Balaban J connectivity index is 2.25. The standard InChI is InChI=1S/C15H22N2O2S/c1-10-11(2)20-8-7-17(10)9-12-5-4-6-13(16)14(12)15(18)19-3/h4-6,10-11H,7-9,16H2,1-3H3. The number of hydrogen-bond acceptors (Lipinski definition) is 5. The molecule has 1 heterocycles. The van der Waals surface area contributed by atoms with Crippen molar-refractivity contribution in [2.75, 3.05) is 25.1 Å². The van der Waals surface area contributed by atoms with Crippen molar-refractivity contribution in [3.8, 4) is 0 Å². The van der Waals surface area contributed by atoms with E-state index in [1.54, 1.807) is 6.07 Å². The smallest absolute Gasteiger partial charge is 0.340 e. The summed E-state index contributed by atoms with van der Waals surface area (Å²) >= 11 is 2.00. The van der Waals surface area contributed by atoms with E-state index in [-0.39, 0.29) is 5.97 Å². The van der Waals surface area contributed by atoms with Crippen LogP contribution in [0, 0.1) is 0 Å². The van der Waals surface area contributed by atoms with Crippen molar-refractivity contribution >= 4 is 23.4 Å². The third kappa shape index (κ3) is 3.10. The van der Waals surface area contributed by atoms with Crippen LogP contribution in [0.25, 0.3) is 0 Å². The second-order valence-corrected chi connectivity index (χ2v) is 6.65. The summed E-state index contributed by atoms with van der Waals surface area (Å²) in [7, 11) is 1.39. The Morgan fingerprint density at radius 2 is 2.25 bits per heavy atom. The molecule has 1 fully saturated rings. The molecule has 1 aliphatic heterocycles. The zero-order chi connectivity index (χ0) is 14.7. The van der Waals surface area contributed by atoms with Crippen molar-refractivity contribution in [3.63, 3.8) is 0 Å². The molecular formula is C15H22N2O2S. The summed E-state index contributed by atoms with van der Waals surface area (Å²) in [5.74, 6) is 0.770. The lowest BCUT2D eigenvalue weighted by Gasteiger charge is -2.37. The maximum absolute atomic E-state index is 11.9. The summed E-state index contributed by atoms with van der Waals surface area (Å²) in [6.45, 7) is 6.26. The monoisotopic (exact) mass is 294 g/mol. The van der Waals surface area contributed by atoms with E-state index in [1.165, 1.54) is 7.11 Å². The first-order valence-corrected chi connectivity index (χ1v) is 7.90. The average Bonchev–Trinajstić information content (AvgIpc) is 2.43. The van der Waals surface area contributed by atoms with Gasteiger partial charge in [-0.25, -0.2) is 4.79 Å². The first-order valence-electron chi connectivity index (χ1n) is 6.86. The molecule has 5 heteroatoms. The molecule has 0 aromatic heterocycles. The van der Waals surface area contributed by atoms with Crippen LogP contribution in [0.4, 0.5) is 5.69 Å². The molecule has 0 spiro atoms. The normalized spacial score (nSPS) is 23.6. The molecule has 110 valence electrons. The van der Waals surface area contributed by atoms with Crippen LogP contribution in [0.1, 0.15) is 29.8 Å². The van der Waals surface area contributed by atoms with Gasteiger partial charge in [-0.3, -0.25) is 4.90 Å². The average molecular weight is 294 g/mol. The van der Waals surface area contributed by atoms with Crippen LogP contribution in [0.5, 0.6) is 0 Å². The van der Waals surface area contributed by atoms with Crippen molar-refractivity contribution in [3.05, 3.63) is 29.3 Å². The van der Waals surface area contributed by atoms with Crippen molar-refractivity contribution in [2.24, 2.45) is 0 Å². The summed E-state index contributed by atoms with van der Waals surface area (Å²) < 4.78 is 4.85. The number of ether oxygens (including phenoxy) is 1. The maximum Gasteiger partial charge on any atom is 0.340 e. The summed E-state index contributed by atoms with van der Waals surface area (Å²) in [5.41, 5.74) is 7.88. The number of methoxy groups -OCH3 is 1. The molecule has 0 amide bonds. The number of benzene rings is 1. The van der Waals surface area contributed by atoms with Gasteiger partial charge in [-0.1, -0.05) is 19.1 Å². The van der Waals surface area contributed by atoms with Gasteiger partial charge in [0, 0.05) is 35.8 Å². The number of thioether (sulfide) groups is 1. The van der Waals surface area contributed by atoms with E-state index in [0.29, 0.717) is 22.5 Å². The fraction of sp³-hybridized carbons (Fsp3) is 0.533. The third-order valence-corrected chi connectivity index (χ3v) is 5.30. The van der Waals surface area contributed by atoms with E-state index < -0.39 is 0 Å². The molecule has 1 aromatic rings. The van der Waals surface area contributed by atoms with Gasteiger partial charge in [-0.05, 0) is 18.6 Å². The van der Waals surface area contributed by atoms with Gasteiger partial charge in [-0.15, -0.1) is 0 Å². The second-order valence-electron chi connectivity index (χ2n) is 5.16. The first-order chi connectivity index (χ1) is 9.54. The molecule has 0 bridgehead atoms. The first kappa shape index (κ1) is 15.2. The lowest BCUT2D eigenvalue weighted by Crippen LogP contribution is -2.44. The lowest BCUT2D eigenvalue weighted by molar-refractivity contribution is 0.0599. The summed E-state index contributed by atoms with van der Waals surface area (Å²) in [4.78, 5) is 14.3. The second kappa shape index (κ2) is 6.50. The molecule has 20 heavy (non-hydrogen) atoms. The highest BCUT2D eigenvalue weighted by Gasteiger charge is 2.26. The molecule has 2 atom stereocenters. The van der Waals surface area contributed by atoms with Gasteiger partial charge in [0.25, 0.3) is 0 Å². The van der Waals surface area contributed by atoms with Gasteiger partial charge in [0.1, 0.15) is 0 Å². The topological polar surface area (TPSA) is 55.6 Å². The largest absolute Gasteiger partial charge is 0.465 e. The number of carbonyl (C=O) groups excluding carboxylic acids is 1. The zero-order valence-corrected chi connectivity index (χ0v) is 13.1. The minimum absolute atomic E-state index is 0.356. The number of hydrogen-bond donors (Lipinski definition) is 1. The van der Waals surface area contributed by atoms with Gasteiger partial charge < -0.3 is 10.5 Å². The minimum atomic E-state index is -0.356. The maximum atomic E-state index is 11.9. The van der Waals surface area contributed by atoms with Gasteiger partial charge in [0.2, 0.25) is 0 Å². The Morgan fingerprint density at radius 1 is 1.50 bits per heavy atom. The van der Waals surface area contributed by atoms with E-state index >= 15 is 0 Å². The number of anilines is 1. The Morgan fingerprint density at radius 3 is 2.95 bits per heavy atom. The number of nitrogens with zero attached hydrogens (tertiary/aromatic N) is 1. The number of nitrogens with two attached hydrogens (primary N) is 1. The third-order valence-electron chi connectivity index (χ3n) is 3.96. The molecule has 0 radical (unpaired) electrons. The molecule has 2 rings (SSSR count).